The Hall–Kier alpha value is -1.93. The molecule has 22 heavy (non-hydrogen) atoms. The Labute approximate surface area is 136 Å². The molecule has 0 aromatic heterocycles. The number of phenols is 1. The highest BCUT2D eigenvalue weighted by molar-refractivity contribution is 7.97. The summed E-state index contributed by atoms with van der Waals surface area (Å²) in [5, 5.41) is 13.0. The van der Waals surface area contributed by atoms with Gasteiger partial charge in [0.2, 0.25) is 0 Å². The van der Waals surface area contributed by atoms with Crippen molar-refractivity contribution in [1.29, 1.82) is 0 Å². The van der Waals surface area contributed by atoms with Crippen LogP contribution in [0.1, 0.15) is 16.7 Å². The van der Waals surface area contributed by atoms with Crippen molar-refractivity contribution < 1.29 is 5.11 Å². The van der Waals surface area contributed by atoms with E-state index in [2.05, 4.69) is 55.6 Å². The number of benzene rings is 3. The highest BCUT2D eigenvalue weighted by Gasteiger charge is 2.15. The van der Waals surface area contributed by atoms with E-state index in [0.717, 1.165) is 22.4 Å². The molecule has 0 amide bonds. The van der Waals surface area contributed by atoms with Crippen LogP contribution in [0.2, 0.25) is 0 Å². The lowest BCUT2D eigenvalue weighted by Crippen LogP contribution is -1.94. The van der Waals surface area contributed by atoms with E-state index in [1.807, 2.05) is 13.0 Å². The number of phenolic OH excluding ortho intramolecular Hbond substituents is 1. The summed E-state index contributed by atoms with van der Waals surface area (Å²) in [6, 6.07) is 16.7. The Kier molecular flexibility index (Phi) is 4.12. The van der Waals surface area contributed by atoms with Gasteiger partial charge in [0.15, 0.2) is 0 Å². The van der Waals surface area contributed by atoms with E-state index < -0.39 is 0 Å². The average molecular weight is 308 g/mol. The van der Waals surface area contributed by atoms with Crippen molar-refractivity contribution in [3.63, 3.8) is 0 Å². The van der Waals surface area contributed by atoms with Crippen LogP contribution in [0.15, 0.2) is 48.5 Å². The van der Waals surface area contributed by atoms with Gasteiger partial charge in [-0.15, -0.1) is 0 Å². The molecule has 0 saturated carbocycles. The summed E-state index contributed by atoms with van der Waals surface area (Å²) < 4.78 is 0. The molecule has 0 aliphatic carbocycles. The second-order valence-corrected chi connectivity index (χ2v) is 6.60. The van der Waals surface area contributed by atoms with Gasteiger partial charge in [-0.3, -0.25) is 0 Å². The minimum absolute atomic E-state index is 0.371. The lowest BCUT2D eigenvalue weighted by molar-refractivity contribution is 0.476. The van der Waals surface area contributed by atoms with Gasteiger partial charge in [-0.25, -0.2) is 0 Å². The van der Waals surface area contributed by atoms with Crippen LogP contribution in [0.5, 0.6) is 5.75 Å². The van der Waals surface area contributed by atoms with E-state index in [1.165, 1.54) is 21.9 Å². The number of aryl methyl sites for hydroxylation is 2. The van der Waals surface area contributed by atoms with E-state index in [-0.39, 0.29) is 0 Å². The van der Waals surface area contributed by atoms with E-state index in [9.17, 15) is 5.11 Å². The quantitative estimate of drug-likeness (QED) is 0.670. The lowest BCUT2D eigenvalue weighted by atomic mass is 9.90. The van der Waals surface area contributed by atoms with Gasteiger partial charge >= 0.3 is 0 Å². The van der Waals surface area contributed by atoms with Crippen molar-refractivity contribution in [2.45, 2.75) is 19.6 Å². The van der Waals surface area contributed by atoms with Crippen LogP contribution < -0.4 is 0 Å². The average Bonchev–Trinajstić information content (AvgIpc) is 2.48. The van der Waals surface area contributed by atoms with Crippen LogP contribution in [0.3, 0.4) is 0 Å². The molecule has 3 rings (SSSR count). The lowest BCUT2D eigenvalue weighted by Gasteiger charge is -2.17. The second kappa shape index (κ2) is 6.05. The molecule has 0 radical (unpaired) electrons. The Morgan fingerprint density at radius 1 is 0.955 bits per heavy atom. The molecule has 0 saturated heterocycles. The smallest absolute Gasteiger partial charge is 0.123 e. The molecule has 0 heterocycles. The Morgan fingerprint density at radius 2 is 1.73 bits per heavy atom. The van der Waals surface area contributed by atoms with Crippen molar-refractivity contribution >= 4 is 22.5 Å². The largest absolute Gasteiger partial charge is 0.507 e. The fraction of sp³-hybridized carbons (Fsp3) is 0.200. The third-order valence-electron chi connectivity index (χ3n) is 4.02. The van der Waals surface area contributed by atoms with E-state index in [0.29, 0.717) is 5.75 Å². The fourth-order valence-electron chi connectivity index (χ4n) is 3.16. The molecular formula is C20H20OS. The summed E-state index contributed by atoms with van der Waals surface area (Å²) in [5.41, 5.74) is 5.61. The number of aromatic hydroxyl groups is 1. The molecule has 0 spiro atoms. The summed E-state index contributed by atoms with van der Waals surface area (Å²) in [4.78, 5) is 0. The third kappa shape index (κ3) is 2.59. The van der Waals surface area contributed by atoms with E-state index in [4.69, 9.17) is 0 Å². The molecule has 0 aliphatic heterocycles. The minimum atomic E-state index is 0.371. The Balaban J connectivity index is 2.40. The summed E-state index contributed by atoms with van der Waals surface area (Å²) in [5.74, 6) is 1.31. The van der Waals surface area contributed by atoms with E-state index in [1.54, 1.807) is 11.8 Å². The van der Waals surface area contributed by atoms with Gasteiger partial charge in [0.1, 0.15) is 5.75 Å². The van der Waals surface area contributed by atoms with Crippen molar-refractivity contribution in [2.75, 3.05) is 6.26 Å². The van der Waals surface area contributed by atoms with Gasteiger partial charge in [0, 0.05) is 11.3 Å². The first-order valence-electron chi connectivity index (χ1n) is 7.42. The van der Waals surface area contributed by atoms with Crippen molar-refractivity contribution in [3.8, 4) is 16.9 Å². The van der Waals surface area contributed by atoms with Gasteiger partial charge in [0.25, 0.3) is 0 Å². The Bertz CT molecular complexity index is 813. The van der Waals surface area contributed by atoms with Crippen molar-refractivity contribution in [3.05, 3.63) is 65.2 Å². The predicted molar refractivity (Wildman–Crippen MR) is 97.7 cm³/mol. The van der Waals surface area contributed by atoms with Gasteiger partial charge < -0.3 is 5.11 Å². The topological polar surface area (TPSA) is 20.2 Å². The summed E-state index contributed by atoms with van der Waals surface area (Å²) in [6.07, 6.45) is 2.11. The molecule has 0 fully saturated rings. The normalized spacial score (nSPS) is 11.0. The second-order valence-electron chi connectivity index (χ2n) is 5.73. The number of fused-ring (bicyclic) bond motifs is 1. The maximum Gasteiger partial charge on any atom is 0.123 e. The van der Waals surface area contributed by atoms with Gasteiger partial charge in [-0.05, 0) is 59.2 Å². The third-order valence-corrected chi connectivity index (χ3v) is 4.62. The molecule has 1 nitrogen and oxygen atoms in total. The van der Waals surface area contributed by atoms with Crippen LogP contribution >= 0.6 is 11.8 Å². The SMILES string of the molecule is CSCc1ccc2ccccc2c1-c1c(C)cc(C)cc1O. The highest BCUT2D eigenvalue weighted by atomic mass is 32.2. The minimum Gasteiger partial charge on any atom is -0.507 e. The Morgan fingerprint density at radius 3 is 2.45 bits per heavy atom. The van der Waals surface area contributed by atoms with Crippen LogP contribution in [0.25, 0.3) is 21.9 Å². The molecular weight excluding hydrogens is 288 g/mol. The first-order valence-corrected chi connectivity index (χ1v) is 8.81. The maximum atomic E-state index is 10.6. The number of rotatable bonds is 3. The molecule has 2 heteroatoms. The molecule has 0 unspecified atom stereocenters. The molecule has 3 aromatic rings. The molecule has 0 bridgehead atoms. The summed E-state index contributed by atoms with van der Waals surface area (Å²) >= 11 is 1.81. The van der Waals surface area contributed by atoms with Crippen LogP contribution in [0.4, 0.5) is 0 Å². The van der Waals surface area contributed by atoms with Crippen molar-refractivity contribution in [2.24, 2.45) is 0 Å². The highest BCUT2D eigenvalue weighted by Crippen LogP contribution is 2.40. The van der Waals surface area contributed by atoms with Crippen LogP contribution in [-0.2, 0) is 5.75 Å². The van der Waals surface area contributed by atoms with Gasteiger partial charge in [-0.2, -0.15) is 11.8 Å². The first-order chi connectivity index (χ1) is 10.6. The zero-order chi connectivity index (χ0) is 15.7. The van der Waals surface area contributed by atoms with Gasteiger partial charge in [-0.1, -0.05) is 42.5 Å². The molecule has 3 aromatic carbocycles. The zero-order valence-corrected chi connectivity index (χ0v) is 14.0. The van der Waals surface area contributed by atoms with E-state index >= 15 is 0 Å². The zero-order valence-electron chi connectivity index (χ0n) is 13.2. The number of hydrogen-bond acceptors (Lipinski definition) is 2. The maximum absolute atomic E-state index is 10.6. The first kappa shape index (κ1) is 15.0. The number of thioether (sulfide) groups is 1. The van der Waals surface area contributed by atoms with Crippen LogP contribution in [0, 0.1) is 13.8 Å². The number of hydrogen-bond donors (Lipinski definition) is 1. The monoisotopic (exact) mass is 308 g/mol. The molecule has 112 valence electrons. The predicted octanol–water partition coefficient (Wildman–Crippen LogP) is 5.69. The van der Waals surface area contributed by atoms with Crippen molar-refractivity contribution in [1.82, 2.24) is 0 Å². The summed E-state index contributed by atoms with van der Waals surface area (Å²) in [7, 11) is 0. The van der Waals surface area contributed by atoms with Gasteiger partial charge in [0.05, 0.1) is 0 Å². The molecule has 0 atom stereocenters. The fourth-order valence-corrected chi connectivity index (χ4v) is 3.71. The molecule has 1 N–H and O–H groups in total. The standard InChI is InChI=1S/C20H20OS/c1-13-10-14(2)19(18(21)11-13)20-16(12-22-3)9-8-15-6-4-5-7-17(15)20/h4-11,21H,12H2,1-3H3. The van der Waals surface area contributed by atoms with Crippen LogP contribution in [-0.4, -0.2) is 11.4 Å². The molecule has 0 aliphatic rings. The summed E-state index contributed by atoms with van der Waals surface area (Å²) in [6.45, 7) is 4.09.